The van der Waals surface area contributed by atoms with Crippen molar-refractivity contribution in [1.82, 2.24) is 10.2 Å². The number of β-lactam (4-membered cyclic amide) rings is 1. The van der Waals surface area contributed by atoms with Gasteiger partial charge in [-0.05, 0) is 6.08 Å². The van der Waals surface area contributed by atoms with Gasteiger partial charge in [-0.25, -0.2) is 4.79 Å². The highest BCUT2D eigenvalue weighted by Gasteiger charge is 2.53. The summed E-state index contributed by atoms with van der Waals surface area (Å²) in [4.78, 5) is 41.9. The zero-order valence-electron chi connectivity index (χ0n) is 13.1. The molecule has 1 unspecified atom stereocenters. The standard InChI is InChI=1S/C14H15N3O6S2/c1-22-16-9(8-6-24-5-3-23-8)11(18)15-10-12(19)17-7(14(20)21)2-4-25-13(10)17/h2,6,10,13H,3-5H2,1H3,(H,15,18)(H,20,21)/t10?,13-/m0/s1. The molecule has 1 saturated heterocycles. The summed E-state index contributed by atoms with van der Waals surface area (Å²) >= 11 is 2.86. The normalized spacial score (nSPS) is 25.7. The van der Waals surface area contributed by atoms with Gasteiger partial charge >= 0.3 is 5.97 Å². The van der Waals surface area contributed by atoms with Crippen molar-refractivity contribution >= 4 is 47.0 Å². The number of hydrogen-bond donors (Lipinski definition) is 2. The lowest BCUT2D eigenvalue weighted by Crippen LogP contribution is -2.70. The first-order valence-corrected chi connectivity index (χ1v) is 9.39. The minimum absolute atomic E-state index is 0.0558. The maximum Gasteiger partial charge on any atom is 0.352 e. The third-order valence-corrected chi connectivity index (χ3v) is 5.60. The molecule has 0 aromatic rings. The van der Waals surface area contributed by atoms with Gasteiger partial charge in [-0.1, -0.05) is 5.16 Å². The summed E-state index contributed by atoms with van der Waals surface area (Å²) in [6.07, 6.45) is 1.48. The van der Waals surface area contributed by atoms with Crippen LogP contribution in [-0.2, 0) is 24.0 Å². The van der Waals surface area contributed by atoms with Crippen LogP contribution >= 0.6 is 23.5 Å². The highest BCUT2D eigenvalue weighted by Crippen LogP contribution is 2.37. The molecular weight excluding hydrogens is 370 g/mol. The number of carboxylic acid groups (broad SMARTS) is 1. The lowest BCUT2D eigenvalue weighted by molar-refractivity contribution is -0.150. The number of rotatable bonds is 5. The quantitative estimate of drug-likeness (QED) is 0.385. The first-order chi connectivity index (χ1) is 12.0. The fourth-order valence-electron chi connectivity index (χ4n) is 2.53. The van der Waals surface area contributed by atoms with Crippen LogP contribution < -0.4 is 5.32 Å². The van der Waals surface area contributed by atoms with E-state index in [9.17, 15) is 14.4 Å². The minimum Gasteiger partial charge on any atom is -0.490 e. The van der Waals surface area contributed by atoms with Crippen LogP contribution in [0.25, 0.3) is 0 Å². The second-order valence-electron chi connectivity index (χ2n) is 5.10. The Labute approximate surface area is 151 Å². The number of carbonyl (C=O) groups is 3. The minimum atomic E-state index is -1.16. The van der Waals surface area contributed by atoms with Gasteiger partial charge in [0.15, 0.2) is 5.76 Å². The number of hydrogen-bond acceptors (Lipinski definition) is 8. The van der Waals surface area contributed by atoms with Crippen molar-refractivity contribution in [2.75, 3.05) is 25.2 Å². The van der Waals surface area contributed by atoms with E-state index in [0.717, 1.165) is 5.75 Å². The fourth-order valence-corrected chi connectivity index (χ4v) is 4.35. The van der Waals surface area contributed by atoms with E-state index in [1.165, 1.54) is 41.6 Å². The maximum atomic E-state index is 12.5. The molecule has 0 aromatic carbocycles. The Morgan fingerprint density at radius 1 is 1.52 bits per heavy atom. The summed E-state index contributed by atoms with van der Waals surface area (Å²) in [6, 6.07) is -0.820. The van der Waals surface area contributed by atoms with Crippen LogP contribution in [0.4, 0.5) is 0 Å². The Hall–Kier alpha value is -2.14. The Morgan fingerprint density at radius 3 is 2.96 bits per heavy atom. The predicted octanol–water partition coefficient (Wildman–Crippen LogP) is -0.0380. The van der Waals surface area contributed by atoms with Crippen molar-refractivity contribution in [3.05, 3.63) is 22.9 Å². The van der Waals surface area contributed by atoms with Crippen LogP contribution in [-0.4, -0.2) is 70.1 Å². The molecule has 0 bridgehead atoms. The second-order valence-corrected chi connectivity index (χ2v) is 7.23. The van der Waals surface area contributed by atoms with E-state index in [2.05, 4.69) is 10.5 Å². The van der Waals surface area contributed by atoms with Gasteiger partial charge in [-0.3, -0.25) is 14.5 Å². The predicted molar refractivity (Wildman–Crippen MR) is 91.7 cm³/mol. The van der Waals surface area contributed by atoms with Crippen molar-refractivity contribution in [2.45, 2.75) is 11.4 Å². The number of carboxylic acids is 1. The number of nitrogens with one attached hydrogen (secondary N) is 1. The first-order valence-electron chi connectivity index (χ1n) is 7.29. The van der Waals surface area contributed by atoms with E-state index in [-0.39, 0.29) is 17.2 Å². The van der Waals surface area contributed by atoms with E-state index < -0.39 is 29.2 Å². The smallest absolute Gasteiger partial charge is 0.352 e. The molecule has 3 aliphatic rings. The summed E-state index contributed by atoms with van der Waals surface area (Å²) in [5, 5.41) is 16.7. The Kier molecular flexibility index (Phi) is 5.23. The van der Waals surface area contributed by atoms with Gasteiger partial charge in [0.1, 0.15) is 24.2 Å². The highest BCUT2D eigenvalue weighted by molar-refractivity contribution is 8.02. The third kappa shape index (κ3) is 3.33. The summed E-state index contributed by atoms with van der Waals surface area (Å²) in [5.41, 5.74) is -0.115. The zero-order chi connectivity index (χ0) is 18.0. The molecule has 2 amide bonds. The number of nitrogens with zero attached hydrogens (tertiary/aromatic N) is 2. The van der Waals surface area contributed by atoms with Crippen LogP contribution in [0.15, 0.2) is 28.1 Å². The van der Waals surface area contributed by atoms with Crippen molar-refractivity contribution < 1.29 is 29.1 Å². The fraction of sp³-hybridized carbons (Fsp3) is 0.429. The number of ether oxygens (including phenoxy) is 1. The molecule has 1 fully saturated rings. The van der Waals surface area contributed by atoms with Gasteiger partial charge in [0.2, 0.25) is 5.71 Å². The number of thioether (sulfide) groups is 2. The number of amides is 2. The molecule has 0 radical (unpaired) electrons. The highest BCUT2D eigenvalue weighted by atomic mass is 32.2. The van der Waals surface area contributed by atoms with E-state index in [4.69, 9.17) is 14.7 Å². The molecule has 0 saturated carbocycles. The van der Waals surface area contributed by atoms with E-state index in [1.54, 1.807) is 5.41 Å². The molecule has 25 heavy (non-hydrogen) atoms. The van der Waals surface area contributed by atoms with Crippen LogP contribution in [0.3, 0.4) is 0 Å². The lowest BCUT2D eigenvalue weighted by atomic mass is 10.0. The monoisotopic (exact) mass is 385 g/mol. The van der Waals surface area contributed by atoms with E-state index >= 15 is 0 Å². The van der Waals surface area contributed by atoms with Gasteiger partial charge in [0.05, 0.1) is 6.61 Å². The third-order valence-electron chi connectivity index (χ3n) is 3.63. The molecule has 2 N–H and O–H groups in total. The first kappa shape index (κ1) is 17.7. The molecule has 9 nitrogen and oxygen atoms in total. The topological polar surface area (TPSA) is 118 Å². The van der Waals surface area contributed by atoms with Gasteiger partial charge in [-0.15, -0.1) is 23.5 Å². The zero-order valence-corrected chi connectivity index (χ0v) is 14.8. The molecule has 2 atom stereocenters. The molecular formula is C14H15N3O6S2. The van der Waals surface area contributed by atoms with Crippen LogP contribution in [0.5, 0.6) is 0 Å². The maximum absolute atomic E-state index is 12.5. The summed E-state index contributed by atoms with van der Waals surface area (Å²) in [6.45, 7) is 0.438. The van der Waals surface area contributed by atoms with E-state index in [1.807, 2.05) is 0 Å². The molecule has 3 aliphatic heterocycles. The Balaban J connectivity index is 1.72. The van der Waals surface area contributed by atoms with Gasteiger partial charge in [0, 0.05) is 16.9 Å². The average Bonchev–Trinajstić information content (AvgIpc) is 2.63. The molecule has 0 spiro atoms. The van der Waals surface area contributed by atoms with E-state index in [0.29, 0.717) is 12.4 Å². The second kappa shape index (κ2) is 7.40. The van der Waals surface area contributed by atoms with Crippen molar-refractivity contribution in [1.29, 1.82) is 0 Å². The molecule has 0 aliphatic carbocycles. The van der Waals surface area contributed by atoms with Gasteiger partial charge in [-0.2, -0.15) is 0 Å². The average molecular weight is 385 g/mol. The molecule has 3 rings (SSSR count). The number of carbonyl (C=O) groups excluding carboxylic acids is 2. The number of fused-ring (bicyclic) bond motifs is 1. The van der Waals surface area contributed by atoms with Gasteiger partial charge in [0.25, 0.3) is 11.8 Å². The van der Waals surface area contributed by atoms with Crippen LogP contribution in [0, 0.1) is 0 Å². The summed E-state index contributed by atoms with van der Waals surface area (Å²) < 4.78 is 5.41. The number of oxime groups is 1. The molecule has 0 aromatic heterocycles. The lowest BCUT2D eigenvalue weighted by Gasteiger charge is -2.48. The molecule has 134 valence electrons. The number of aliphatic carboxylic acids is 1. The van der Waals surface area contributed by atoms with Crippen LogP contribution in [0.2, 0.25) is 0 Å². The van der Waals surface area contributed by atoms with Crippen molar-refractivity contribution in [2.24, 2.45) is 5.16 Å². The SMILES string of the molecule is CON=C(C(=O)NC1C(=O)N2C(C(=O)O)=CCS[C@@H]12)C1=CSCCO1. The van der Waals surface area contributed by atoms with Crippen molar-refractivity contribution in [3.63, 3.8) is 0 Å². The summed E-state index contributed by atoms with van der Waals surface area (Å²) in [5.74, 6) is -0.745. The Bertz CT molecular complexity index is 705. The largest absolute Gasteiger partial charge is 0.490 e. The van der Waals surface area contributed by atoms with Crippen LogP contribution in [0.1, 0.15) is 0 Å². The Morgan fingerprint density at radius 2 is 2.32 bits per heavy atom. The van der Waals surface area contributed by atoms with Crippen molar-refractivity contribution in [3.8, 4) is 0 Å². The summed E-state index contributed by atoms with van der Waals surface area (Å²) in [7, 11) is 1.31. The molecule has 11 heteroatoms. The van der Waals surface area contributed by atoms with Gasteiger partial charge < -0.3 is 20.0 Å². The molecule has 3 heterocycles.